The molecule has 0 aliphatic carbocycles. The fraction of sp³-hybridized carbons (Fsp3) is 0.611. The number of hydrogen-bond donors (Lipinski definition) is 3. The van der Waals surface area contributed by atoms with Crippen molar-refractivity contribution in [3.8, 4) is 0 Å². The third kappa shape index (κ3) is 6.29. The number of aliphatic hydroxyl groups excluding tert-OH is 2. The van der Waals surface area contributed by atoms with Gasteiger partial charge in [-0.25, -0.2) is 0 Å². The van der Waals surface area contributed by atoms with Crippen molar-refractivity contribution in [2.45, 2.75) is 58.4 Å². The highest BCUT2D eigenvalue weighted by Crippen LogP contribution is 2.18. The first kappa shape index (κ1) is 19.6. The topological polar surface area (TPSA) is 78.8 Å². The first-order valence-corrected chi connectivity index (χ1v) is 7.98. The summed E-state index contributed by atoms with van der Waals surface area (Å²) >= 11 is 0. The molecule has 1 aromatic carbocycles. The summed E-state index contributed by atoms with van der Waals surface area (Å²) in [5.41, 5.74) is 0.203. The van der Waals surface area contributed by atoms with Crippen LogP contribution in [0.4, 0.5) is 0 Å². The molecule has 0 saturated carbocycles. The van der Waals surface area contributed by atoms with Gasteiger partial charge in [-0.05, 0) is 32.3 Å². The maximum Gasteiger partial charge on any atom is 0.326 e. The third-order valence-electron chi connectivity index (χ3n) is 3.45. The van der Waals surface area contributed by atoms with E-state index in [2.05, 4.69) is 5.32 Å². The van der Waals surface area contributed by atoms with Crippen LogP contribution in [-0.4, -0.2) is 40.5 Å². The van der Waals surface area contributed by atoms with Crippen molar-refractivity contribution in [2.75, 3.05) is 6.61 Å². The Kier molecular flexibility index (Phi) is 7.19. The van der Waals surface area contributed by atoms with Gasteiger partial charge in [0.15, 0.2) is 0 Å². The van der Waals surface area contributed by atoms with Gasteiger partial charge in [0, 0.05) is 0 Å². The molecule has 0 fully saturated rings. The lowest BCUT2D eigenvalue weighted by Gasteiger charge is -2.31. The van der Waals surface area contributed by atoms with Gasteiger partial charge in [-0.2, -0.15) is 0 Å². The van der Waals surface area contributed by atoms with Gasteiger partial charge in [-0.3, -0.25) is 10.1 Å². The van der Waals surface area contributed by atoms with Crippen molar-refractivity contribution >= 4 is 5.97 Å². The predicted octanol–water partition coefficient (Wildman–Crippen LogP) is 2.04. The van der Waals surface area contributed by atoms with E-state index in [4.69, 9.17) is 4.74 Å². The van der Waals surface area contributed by atoms with Crippen molar-refractivity contribution in [3.63, 3.8) is 0 Å². The van der Waals surface area contributed by atoms with Gasteiger partial charge in [0.25, 0.3) is 0 Å². The highest BCUT2D eigenvalue weighted by atomic mass is 16.6. The lowest BCUT2D eigenvalue weighted by molar-refractivity contribution is -0.162. The van der Waals surface area contributed by atoms with Crippen LogP contribution < -0.4 is 5.32 Å². The third-order valence-corrected chi connectivity index (χ3v) is 3.45. The van der Waals surface area contributed by atoms with Crippen molar-refractivity contribution in [1.29, 1.82) is 0 Å². The number of esters is 1. The average molecular weight is 323 g/mol. The number of benzene rings is 1. The molecule has 0 heterocycles. The average Bonchev–Trinajstić information content (AvgIpc) is 2.46. The summed E-state index contributed by atoms with van der Waals surface area (Å²) in [7, 11) is 0. The minimum absolute atomic E-state index is 0.130. The Hall–Kier alpha value is -1.43. The van der Waals surface area contributed by atoms with E-state index < -0.39 is 29.8 Å². The molecule has 3 atom stereocenters. The molecular formula is C18H29NO4. The smallest absolute Gasteiger partial charge is 0.326 e. The number of nitrogens with one attached hydrogen (secondary N) is 1. The van der Waals surface area contributed by atoms with Gasteiger partial charge < -0.3 is 14.9 Å². The fourth-order valence-electron chi connectivity index (χ4n) is 2.21. The van der Waals surface area contributed by atoms with Crippen LogP contribution in [0.3, 0.4) is 0 Å². The van der Waals surface area contributed by atoms with Crippen molar-refractivity contribution in [3.05, 3.63) is 35.9 Å². The summed E-state index contributed by atoms with van der Waals surface area (Å²) in [5.74, 6) is -0.650. The normalized spacial score (nSPS) is 16.0. The number of carbonyl (C=O) groups is 1. The standard InChI is InChI=1S/C18H29NO4/c1-12(2)16(21)15(17(22)23-18(3,4)5)19-14(11-20)13-9-7-6-8-10-13/h6-10,12,14-16,19-21H,11H2,1-5H3/t14-,15+,16+/m1/s1. The second kappa shape index (κ2) is 8.43. The summed E-state index contributed by atoms with van der Waals surface area (Å²) in [6.45, 7) is 8.83. The lowest BCUT2D eigenvalue weighted by Crippen LogP contribution is -2.52. The molecule has 23 heavy (non-hydrogen) atoms. The molecule has 0 unspecified atom stereocenters. The van der Waals surface area contributed by atoms with Gasteiger partial charge in [-0.15, -0.1) is 0 Å². The molecule has 0 aliphatic heterocycles. The van der Waals surface area contributed by atoms with Gasteiger partial charge in [-0.1, -0.05) is 44.2 Å². The molecule has 0 amide bonds. The molecule has 3 N–H and O–H groups in total. The second-order valence-corrected chi connectivity index (χ2v) is 7.06. The molecule has 0 radical (unpaired) electrons. The molecule has 5 nitrogen and oxygen atoms in total. The minimum atomic E-state index is -0.914. The number of carbonyl (C=O) groups excluding carboxylic acids is 1. The summed E-state index contributed by atoms with van der Waals surface area (Å²) in [4.78, 5) is 12.5. The zero-order valence-electron chi connectivity index (χ0n) is 14.6. The number of aliphatic hydroxyl groups is 2. The molecule has 0 aromatic heterocycles. The number of hydrogen-bond acceptors (Lipinski definition) is 5. The highest BCUT2D eigenvalue weighted by Gasteiger charge is 2.34. The van der Waals surface area contributed by atoms with Crippen LogP contribution in [0.25, 0.3) is 0 Å². The van der Waals surface area contributed by atoms with Gasteiger partial charge in [0.1, 0.15) is 11.6 Å². The van der Waals surface area contributed by atoms with Crippen LogP contribution in [0.2, 0.25) is 0 Å². The Morgan fingerprint density at radius 1 is 1.22 bits per heavy atom. The summed E-state index contributed by atoms with van der Waals surface area (Å²) in [6.07, 6.45) is -0.914. The Morgan fingerprint density at radius 3 is 2.22 bits per heavy atom. The van der Waals surface area contributed by atoms with E-state index in [1.54, 1.807) is 20.8 Å². The first-order valence-electron chi connectivity index (χ1n) is 7.98. The molecule has 130 valence electrons. The summed E-state index contributed by atoms with van der Waals surface area (Å²) in [6, 6.07) is 7.96. The van der Waals surface area contributed by atoms with E-state index in [0.717, 1.165) is 5.56 Å². The quantitative estimate of drug-likeness (QED) is 0.669. The fourth-order valence-corrected chi connectivity index (χ4v) is 2.21. The monoisotopic (exact) mass is 323 g/mol. The molecule has 0 bridgehead atoms. The van der Waals surface area contributed by atoms with Crippen molar-refractivity contribution in [2.24, 2.45) is 5.92 Å². The molecular weight excluding hydrogens is 294 g/mol. The van der Waals surface area contributed by atoms with E-state index in [9.17, 15) is 15.0 Å². The molecule has 0 aliphatic rings. The second-order valence-electron chi connectivity index (χ2n) is 7.06. The Labute approximate surface area is 138 Å². The van der Waals surface area contributed by atoms with Gasteiger partial charge >= 0.3 is 5.97 Å². The van der Waals surface area contributed by atoms with E-state index in [-0.39, 0.29) is 12.5 Å². The van der Waals surface area contributed by atoms with Gasteiger partial charge in [0.2, 0.25) is 0 Å². The maximum absolute atomic E-state index is 12.5. The highest BCUT2D eigenvalue weighted by molar-refractivity contribution is 5.77. The van der Waals surface area contributed by atoms with Crippen molar-refractivity contribution < 1.29 is 19.7 Å². The van der Waals surface area contributed by atoms with Crippen molar-refractivity contribution in [1.82, 2.24) is 5.32 Å². The first-order chi connectivity index (χ1) is 10.7. The Balaban J connectivity index is 2.97. The van der Waals surface area contributed by atoms with E-state index in [0.29, 0.717) is 0 Å². The largest absolute Gasteiger partial charge is 0.459 e. The maximum atomic E-state index is 12.5. The molecule has 1 aromatic rings. The van der Waals surface area contributed by atoms with E-state index >= 15 is 0 Å². The molecule has 0 saturated heterocycles. The lowest BCUT2D eigenvalue weighted by atomic mass is 9.97. The van der Waals surface area contributed by atoms with E-state index in [1.165, 1.54) is 0 Å². The van der Waals surface area contributed by atoms with Crippen LogP contribution in [0.15, 0.2) is 30.3 Å². The zero-order chi connectivity index (χ0) is 17.6. The van der Waals surface area contributed by atoms with Crippen LogP contribution in [0, 0.1) is 5.92 Å². The summed E-state index contributed by atoms with van der Waals surface area (Å²) < 4.78 is 5.41. The number of rotatable bonds is 7. The molecule has 5 heteroatoms. The van der Waals surface area contributed by atoms with E-state index in [1.807, 2.05) is 44.2 Å². The van der Waals surface area contributed by atoms with Crippen LogP contribution in [-0.2, 0) is 9.53 Å². The van der Waals surface area contributed by atoms with Crippen LogP contribution >= 0.6 is 0 Å². The SMILES string of the molecule is CC(C)[C@H](O)[C@H](N[C@H](CO)c1ccccc1)C(=O)OC(C)(C)C. The minimum Gasteiger partial charge on any atom is -0.459 e. The zero-order valence-corrected chi connectivity index (χ0v) is 14.6. The van der Waals surface area contributed by atoms with Crippen LogP contribution in [0.5, 0.6) is 0 Å². The Morgan fingerprint density at radius 2 is 1.78 bits per heavy atom. The summed E-state index contributed by atoms with van der Waals surface area (Å²) in [5, 5.41) is 23.1. The molecule has 1 rings (SSSR count). The van der Waals surface area contributed by atoms with Gasteiger partial charge in [0.05, 0.1) is 18.8 Å². The van der Waals surface area contributed by atoms with Crippen LogP contribution in [0.1, 0.15) is 46.2 Å². The Bertz CT molecular complexity index is 482. The molecule has 0 spiro atoms. The predicted molar refractivity (Wildman–Crippen MR) is 89.9 cm³/mol. The number of ether oxygens (including phenoxy) is 1.